The van der Waals surface area contributed by atoms with Crippen LogP contribution < -0.4 is 20.4 Å². The molecule has 4 saturated heterocycles. The molecule has 18 heteroatoms. The van der Waals surface area contributed by atoms with Gasteiger partial charge in [0.1, 0.15) is 17.6 Å². The van der Waals surface area contributed by atoms with Crippen molar-refractivity contribution in [2.45, 2.75) is 96.2 Å². The number of carbonyl (C=O) groups excluding carboxylic acids is 6. The first-order chi connectivity index (χ1) is 32.8. The number of imide groups is 2. The summed E-state index contributed by atoms with van der Waals surface area (Å²) in [5.74, 6) is -2.60. The number of carbonyl (C=O) groups is 6. The van der Waals surface area contributed by atoms with E-state index < -0.39 is 47.3 Å². The van der Waals surface area contributed by atoms with E-state index in [1.54, 1.807) is 17.0 Å². The van der Waals surface area contributed by atoms with Crippen LogP contribution >= 0.6 is 0 Å². The van der Waals surface area contributed by atoms with Crippen LogP contribution in [-0.4, -0.2) is 105 Å². The number of fused-ring (bicyclic) bond motifs is 2. The van der Waals surface area contributed by atoms with E-state index in [0.717, 1.165) is 77.0 Å². The lowest BCUT2D eigenvalue weighted by atomic mass is 9.92. The lowest BCUT2D eigenvalue weighted by molar-refractivity contribution is -0.136. The number of piperidine rings is 4. The van der Waals surface area contributed by atoms with E-state index in [9.17, 15) is 37.5 Å². The summed E-state index contributed by atoms with van der Waals surface area (Å²) >= 11 is 0. The van der Waals surface area contributed by atoms with Crippen molar-refractivity contribution >= 4 is 57.9 Å². The minimum atomic E-state index is -1.02. The Hall–Kier alpha value is -6.82. The molecule has 0 bridgehead atoms. The zero-order valence-electron chi connectivity index (χ0n) is 38.1. The quantitative estimate of drug-likeness (QED) is 0.142. The van der Waals surface area contributed by atoms with Crippen LogP contribution in [-0.2, 0) is 19.2 Å². The molecule has 0 saturated carbocycles. The van der Waals surface area contributed by atoms with Crippen molar-refractivity contribution in [2.75, 3.05) is 49.1 Å². The lowest BCUT2D eigenvalue weighted by Crippen LogP contribution is -2.54. The van der Waals surface area contributed by atoms with Crippen molar-refractivity contribution in [1.29, 1.82) is 0 Å². The number of hydrogen-bond donors (Lipinski definition) is 2. The topological polar surface area (TPSA) is 183 Å². The fourth-order valence-corrected chi connectivity index (χ4v) is 11.1. The number of rotatable bonds is 11. The number of aromatic nitrogens is 3. The number of halogens is 2. The van der Waals surface area contributed by atoms with Crippen LogP contribution in [0.3, 0.4) is 0 Å². The molecule has 2 aromatic heterocycles. The van der Waals surface area contributed by atoms with Gasteiger partial charge in [0.25, 0.3) is 11.8 Å². The Labute approximate surface area is 391 Å². The first-order valence-corrected chi connectivity index (χ1v) is 23.7. The Morgan fingerprint density at radius 3 is 2.35 bits per heavy atom. The van der Waals surface area contributed by atoms with Gasteiger partial charge in [-0.15, -0.1) is 0 Å². The molecule has 68 heavy (non-hydrogen) atoms. The van der Waals surface area contributed by atoms with Crippen LogP contribution in [0, 0.1) is 31.4 Å². The van der Waals surface area contributed by atoms with Gasteiger partial charge in [-0.25, -0.2) is 13.8 Å². The number of nitrogens with one attached hydrogen (secondary N) is 2. The molecule has 7 heterocycles. The minimum absolute atomic E-state index is 0.00579. The third-order valence-corrected chi connectivity index (χ3v) is 14.5. The fraction of sp³-hybridized carbons (Fsp3) is 0.440. The molecule has 16 nitrogen and oxygen atoms in total. The third kappa shape index (κ3) is 8.32. The van der Waals surface area contributed by atoms with Gasteiger partial charge in [-0.1, -0.05) is 17.3 Å². The van der Waals surface area contributed by atoms with Crippen LogP contribution in [0.15, 0.2) is 59.1 Å². The van der Waals surface area contributed by atoms with E-state index >= 15 is 0 Å². The molecule has 4 fully saturated rings. The second kappa shape index (κ2) is 18.3. The Bertz CT molecular complexity index is 2840. The highest BCUT2D eigenvalue weighted by Crippen LogP contribution is 2.42. The highest BCUT2D eigenvalue weighted by molar-refractivity contribution is 6.25. The molecule has 0 spiro atoms. The first kappa shape index (κ1) is 45.0. The Balaban J connectivity index is 0.765. The molecule has 2 atom stereocenters. The number of hydrogen-bond acceptors (Lipinski definition) is 11. The average Bonchev–Trinajstić information content (AvgIpc) is 3.96. The monoisotopic (exact) mass is 929 g/mol. The number of likely N-dealkylation sites (tertiary alicyclic amines) is 1. The molecule has 354 valence electrons. The normalized spacial score (nSPS) is 21.0. The maximum absolute atomic E-state index is 14.6. The van der Waals surface area contributed by atoms with Crippen LogP contribution in [0.4, 0.5) is 20.2 Å². The van der Waals surface area contributed by atoms with Crippen LogP contribution in [0.5, 0.6) is 0 Å². The highest BCUT2D eigenvalue weighted by atomic mass is 19.2. The van der Waals surface area contributed by atoms with E-state index in [4.69, 9.17) is 9.51 Å². The summed E-state index contributed by atoms with van der Waals surface area (Å²) in [6, 6.07) is 13.3. The molecule has 0 aliphatic carbocycles. The van der Waals surface area contributed by atoms with Gasteiger partial charge in [0.2, 0.25) is 23.6 Å². The molecular weight excluding hydrogens is 877 g/mol. The number of amides is 6. The standard InChI is InChI=1S/C50H53F2N9O7/c1-28-45(29(2)68-56-28)31-9-12-38-37(25-31)54-47(40-7-4-8-44(64)59(40)33-10-11-35(51)36(52)26-33)60(38)32-18-21-57(22-19-32)27-43(63)53-20-15-30-16-23-58(24-17-30)39-6-3-5-34-46(39)50(67)61(49(34)66)41-13-14-42(62)55-48(41)65/h3,5-6,9-12,25-26,30,32,40-41H,4,7-8,13-24,27H2,1-2H3,(H,53,63)(H,55,62,65)/t40-,41?/m0/s1. The molecule has 3 aromatic carbocycles. The Kier molecular flexibility index (Phi) is 12.1. The predicted molar refractivity (Wildman–Crippen MR) is 246 cm³/mol. The molecule has 10 rings (SSSR count). The zero-order chi connectivity index (χ0) is 47.4. The summed E-state index contributed by atoms with van der Waals surface area (Å²) < 4.78 is 36.4. The van der Waals surface area contributed by atoms with E-state index in [1.807, 2.05) is 38.1 Å². The number of benzene rings is 3. The summed E-state index contributed by atoms with van der Waals surface area (Å²) in [5, 5.41) is 9.52. The van der Waals surface area contributed by atoms with Crippen LogP contribution in [0.1, 0.15) is 114 Å². The SMILES string of the molecule is Cc1noc(C)c1-c1ccc2c(c1)nc([C@@H]1CCCC(=O)N1c1ccc(F)c(F)c1)n2C1CCN(CC(=O)NCCC2CCN(c3cccc4c3C(=O)N(C3CCC(=O)NC3=O)C4=O)CC2)CC1. The van der Waals surface area contributed by atoms with E-state index in [-0.39, 0.29) is 54.9 Å². The van der Waals surface area contributed by atoms with Gasteiger partial charge in [-0.2, -0.15) is 0 Å². The van der Waals surface area contributed by atoms with Crippen molar-refractivity contribution in [3.8, 4) is 11.1 Å². The Morgan fingerprint density at radius 2 is 1.62 bits per heavy atom. The summed E-state index contributed by atoms with van der Waals surface area (Å²) in [6.07, 6.45) is 5.58. The smallest absolute Gasteiger partial charge is 0.264 e. The van der Waals surface area contributed by atoms with Crippen LogP contribution in [0.25, 0.3) is 22.2 Å². The molecule has 5 aromatic rings. The van der Waals surface area contributed by atoms with Gasteiger partial charge in [0.15, 0.2) is 11.6 Å². The van der Waals surface area contributed by atoms with Gasteiger partial charge in [0.05, 0.1) is 46.1 Å². The fourth-order valence-electron chi connectivity index (χ4n) is 11.1. The lowest BCUT2D eigenvalue weighted by Gasteiger charge is -2.38. The number of imidazole rings is 1. The van der Waals surface area contributed by atoms with E-state index in [1.165, 1.54) is 6.07 Å². The first-order valence-electron chi connectivity index (χ1n) is 23.7. The molecule has 5 aliphatic rings. The average molecular weight is 930 g/mol. The van der Waals surface area contributed by atoms with Crippen molar-refractivity contribution in [3.63, 3.8) is 0 Å². The number of nitrogens with zero attached hydrogens (tertiary/aromatic N) is 7. The summed E-state index contributed by atoms with van der Waals surface area (Å²) in [5.41, 5.74) is 5.70. The molecule has 2 N–H and O–H groups in total. The number of anilines is 2. The summed E-state index contributed by atoms with van der Waals surface area (Å²) in [6.45, 7) is 7.20. The predicted octanol–water partition coefficient (Wildman–Crippen LogP) is 6.31. The largest absolute Gasteiger partial charge is 0.371 e. The van der Waals surface area contributed by atoms with Gasteiger partial charge >= 0.3 is 0 Å². The second-order valence-electron chi connectivity index (χ2n) is 18.7. The van der Waals surface area contributed by atoms with Gasteiger partial charge in [-0.05, 0) is 113 Å². The highest BCUT2D eigenvalue weighted by Gasteiger charge is 2.46. The second-order valence-corrected chi connectivity index (χ2v) is 18.7. The molecule has 5 aliphatic heterocycles. The van der Waals surface area contributed by atoms with Crippen molar-refractivity contribution in [1.82, 2.24) is 35.1 Å². The molecule has 0 radical (unpaired) electrons. The van der Waals surface area contributed by atoms with Crippen LogP contribution in [0.2, 0.25) is 0 Å². The number of aryl methyl sites for hydroxylation is 2. The van der Waals surface area contributed by atoms with Crippen molar-refractivity contribution < 1.29 is 42.1 Å². The van der Waals surface area contributed by atoms with Gasteiger partial charge < -0.3 is 24.2 Å². The molecule has 1 unspecified atom stereocenters. The van der Waals surface area contributed by atoms with Crippen molar-refractivity contribution in [2.24, 2.45) is 5.92 Å². The van der Waals surface area contributed by atoms with Gasteiger partial charge in [0, 0.05) is 68.9 Å². The Morgan fingerprint density at radius 1 is 0.824 bits per heavy atom. The minimum Gasteiger partial charge on any atom is -0.371 e. The van der Waals surface area contributed by atoms with Gasteiger partial charge in [-0.3, -0.25) is 43.9 Å². The third-order valence-electron chi connectivity index (χ3n) is 14.5. The summed E-state index contributed by atoms with van der Waals surface area (Å²) in [4.78, 5) is 90.4. The molecule has 6 amide bonds. The van der Waals surface area contributed by atoms with Crippen molar-refractivity contribution in [3.05, 3.63) is 94.6 Å². The summed E-state index contributed by atoms with van der Waals surface area (Å²) in [7, 11) is 0. The van der Waals surface area contributed by atoms with E-state index in [0.29, 0.717) is 74.3 Å². The molecular formula is C50H53F2N9O7. The maximum atomic E-state index is 14.6. The zero-order valence-corrected chi connectivity index (χ0v) is 38.1. The maximum Gasteiger partial charge on any atom is 0.264 e. The van der Waals surface area contributed by atoms with E-state index in [2.05, 4.69) is 30.2 Å².